The highest BCUT2D eigenvalue weighted by Gasteiger charge is 2.41. The van der Waals surface area contributed by atoms with Crippen molar-refractivity contribution in [3.63, 3.8) is 0 Å². The fraction of sp³-hybridized carbons (Fsp3) is 0.250. The van der Waals surface area contributed by atoms with Crippen molar-refractivity contribution in [2.45, 2.75) is 18.6 Å². The lowest BCUT2D eigenvalue weighted by atomic mass is 10.2. The molecule has 0 bridgehead atoms. The molecule has 0 spiro atoms. The summed E-state index contributed by atoms with van der Waals surface area (Å²) >= 11 is 0.767. The van der Waals surface area contributed by atoms with E-state index in [1.54, 1.807) is 18.2 Å². The Morgan fingerprint density at radius 1 is 1.44 bits per heavy atom. The first-order chi connectivity index (χ1) is 8.49. The Balaban J connectivity index is 2.27. The van der Waals surface area contributed by atoms with Crippen LogP contribution in [0.15, 0.2) is 24.3 Å². The number of carboxylic acids is 1. The number of aryl methyl sites for hydroxylation is 1. The maximum absolute atomic E-state index is 12.0. The van der Waals surface area contributed by atoms with E-state index in [0.29, 0.717) is 5.69 Å². The Morgan fingerprint density at radius 2 is 2.17 bits per heavy atom. The molecule has 1 heterocycles. The van der Waals surface area contributed by atoms with E-state index in [-0.39, 0.29) is 6.42 Å². The fourth-order valence-corrected chi connectivity index (χ4v) is 2.72. The van der Waals surface area contributed by atoms with Gasteiger partial charge in [0.2, 0.25) is 5.91 Å². The highest BCUT2D eigenvalue weighted by Crippen LogP contribution is 2.33. The number of hydrogen-bond donors (Lipinski definition) is 1. The monoisotopic (exact) mass is 265 g/mol. The van der Waals surface area contributed by atoms with Crippen LogP contribution in [0.25, 0.3) is 0 Å². The van der Waals surface area contributed by atoms with Gasteiger partial charge in [0.15, 0.2) is 0 Å². The van der Waals surface area contributed by atoms with Crippen molar-refractivity contribution in [1.82, 2.24) is 0 Å². The summed E-state index contributed by atoms with van der Waals surface area (Å²) < 4.78 is 0. The molecule has 1 aromatic carbocycles. The van der Waals surface area contributed by atoms with E-state index in [0.717, 1.165) is 22.2 Å². The predicted octanol–water partition coefficient (Wildman–Crippen LogP) is 2.04. The zero-order chi connectivity index (χ0) is 13.3. The third kappa shape index (κ3) is 2.38. The Morgan fingerprint density at radius 3 is 2.78 bits per heavy atom. The molecule has 0 unspecified atom stereocenters. The van der Waals surface area contributed by atoms with Gasteiger partial charge in [-0.15, -0.1) is 0 Å². The maximum atomic E-state index is 12.0. The number of carbonyl (C=O) groups excluding carboxylic acids is 2. The van der Waals surface area contributed by atoms with Crippen molar-refractivity contribution in [2.24, 2.45) is 0 Å². The van der Waals surface area contributed by atoms with E-state index in [4.69, 9.17) is 5.11 Å². The molecule has 6 heteroatoms. The van der Waals surface area contributed by atoms with Gasteiger partial charge >= 0.3 is 5.97 Å². The van der Waals surface area contributed by atoms with Crippen LogP contribution in [0.1, 0.15) is 12.0 Å². The van der Waals surface area contributed by atoms with Gasteiger partial charge < -0.3 is 5.11 Å². The first-order valence-corrected chi connectivity index (χ1v) is 6.20. The molecule has 1 N–H and O–H groups in total. The predicted molar refractivity (Wildman–Crippen MR) is 67.7 cm³/mol. The molecule has 0 aliphatic carbocycles. The summed E-state index contributed by atoms with van der Waals surface area (Å²) in [5.74, 6) is -1.54. The standard InChI is InChI=1S/C12H11NO4S/c1-7-3-2-4-8(5-7)13-11(16)9(6-10(14)15)18-12(13)17/h2-5,9H,6H2,1H3,(H,14,15)/t9-/m1/s1. The molecule has 0 saturated carbocycles. The molecule has 0 aromatic heterocycles. The summed E-state index contributed by atoms with van der Waals surface area (Å²) in [7, 11) is 0. The average Bonchev–Trinajstić information content (AvgIpc) is 2.53. The van der Waals surface area contributed by atoms with Gasteiger partial charge in [0.25, 0.3) is 5.24 Å². The largest absolute Gasteiger partial charge is 0.481 e. The second-order valence-electron chi connectivity index (χ2n) is 3.98. The van der Waals surface area contributed by atoms with Gasteiger partial charge in [-0.1, -0.05) is 12.1 Å². The van der Waals surface area contributed by atoms with Crippen molar-refractivity contribution >= 4 is 34.6 Å². The molecule has 18 heavy (non-hydrogen) atoms. The van der Waals surface area contributed by atoms with E-state index in [9.17, 15) is 14.4 Å². The van der Waals surface area contributed by atoms with Crippen LogP contribution in [0.2, 0.25) is 0 Å². The molecule has 1 aliphatic rings. The number of anilines is 1. The molecule has 0 radical (unpaired) electrons. The number of nitrogens with zero attached hydrogens (tertiary/aromatic N) is 1. The number of carbonyl (C=O) groups is 3. The normalized spacial score (nSPS) is 19.4. The summed E-state index contributed by atoms with van der Waals surface area (Å²) in [6, 6.07) is 6.99. The number of benzene rings is 1. The van der Waals surface area contributed by atoms with Gasteiger partial charge in [0.05, 0.1) is 12.1 Å². The molecule has 1 atom stereocenters. The summed E-state index contributed by atoms with van der Waals surface area (Å²) in [5.41, 5.74) is 1.42. The number of hydrogen-bond acceptors (Lipinski definition) is 4. The molecule has 1 fully saturated rings. The van der Waals surface area contributed by atoms with Crippen LogP contribution in [0, 0.1) is 6.92 Å². The van der Waals surface area contributed by atoms with Crippen molar-refractivity contribution in [3.8, 4) is 0 Å². The smallest absolute Gasteiger partial charge is 0.305 e. The lowest BCUT2D eigenvalue weighted by Gasteiger charge is -2.13. The van der Waals surface area contributed by atoms with Crippen LogP contribution >= 0.6 is 11.8 Å². The molecule has 94 valence electrons. The first-order valence-electron chi connectivity index (χ1n) is 5.32. The van der Waals surface area contributed by atoms with Gasteiger partial charge in [-0.25, -0.2) is 4.90 Å². The fourth-order valence-electron chi connectivity index (χ4n) is 1.75. The lowest BCUT2D eigenvalue weighted by molar-refractivity contribution is -0.138. The Kier molecular flexibility index (Phi) is 3.38. The Labute approximate surface area is 108 Å². The molecule has 1 saturated heterocycles. The minimum Gasteiger partial charge on any atom is -0.481 e. The van der Waals surface area contributed by atoms with Crippen molar-refractivity contribution in [2.75, 3.05) is 4.90 Å². The van der Waals surface area contributed by atoms with Crippen LogP contribution in [0.4, 0.5) is 10.5 Å². The second kappa shape index (κ2) is 4.81. The number of aliphatic carboxylic acids is 1. The number of carboxylic acid groups (broad SMARTS) is 1. The third-order valence-electron chi connectivity index (χ3n) is 2.54. The van der Waals surface area contributed by atoms with Crippen LogP contribution in [-0.4, -0.2) is 27.5 Å². The maximum Gasteiger partial charge on any atom is 0.305 e. The van der Waals surface area contributed by atoms with E-state index >= 15 is 0 Å². The molecular weight excluding hydrogens is 254 g/mol. The summed E-state index contributed by atoms with van der Waals surface area (Å²) in [6.45, 7) is 1.86. The van der Waals surface area contributed by atoms with Crippen LogP contribution in [0.3, 0.4) is 0 Å². The topological polar surface area (TPSA) is 74.7 Å². The van der Waals surface area contributed by atoms with Gasteiger partial charge in [0, 0.05) is 0 Å². The number of amides is 2. The first kappa shape index (κ1) is 12.6. The average molecular weight is 265 g/mol. The zero-order valence-electron chi connectivity index (χ0n) is 9.62. The summed E-state index contributed by atoms with van der Waals surface area (Å²) in [5, 5.41) is 7.44. The molecule has 2 amide bonds. The molecular formula is C12H11NO4S. The zero-order valence-corrected chi connectivity index (χ0v) is 10.4. The lowest BCUT2D eigenvalue weighted by Crippen LogP contribution is -2.32. The van der Waals surface area contributed by atoms with Crippen molar-refractivity contribution in [1.29, 1.82) is 0 Å². The number of thioether (sulfide) groups is 1. The Bertz CT molecular complexity index is 529. The van der Waals surface area contributed by atoms with Crippen molar-refractivity contribution < 1.29 is 19.5 Å². The number of rotatable bonds is 3. The van der Waals surface area contributed by atoms with Crippen molar-refractivity contribution in [3.05, 3.63) is 29.8 Å². The quantitative estimate of drug-likeness (QED) is 0.905. The Hall–Kier alpha value is -1.82. The van der Waals surface area contributed by atoms with Gasteiger partial charge in [-0.2, -0.15) is 0 Å². The SMILES string of the molecule is Cc1cccc(N2C(=O)S[C@H](CC(=O)O)C2=O)c1. The number of imide groups is 1. The van der Waals surface area contributed by atoms with E-state index < -0.39 is 22.4 Å². The van der Waals surface area contributed by atoms with Crippen LogP contribution in [-0.2, 0) is 9.59 Å². The third-order valence-corrected chi connectivity index (χ3v) is 3.58. The highest BCUT2D eigenvalue weighted by molar-refractivity contribution is 8.15. The molecule has 2 rings (SSSR count). The summed E-state index contributed by atoms with van der Waals surface area (Å²) in [4.78, 5) is 35.4. The minimum atomic E-state index is -1.08. The minimum absolute atomic E-state index is 0.336. The van der Waals surface area contributed by atoms with E-state index in [1.165, 1.54) is 0 Å². The second-order valence-corrected chi connectivity index (χ2v) is 5.14. The van der Waals surface area contributed by atoms with Gasteiger partial charge in [-0.05, 0) is 36.4 Å². The summed E-state index contributed by atoms with van der Waals surface area (Å²) in [6.07, 6.45) is -0.336. The van der Waals surface area contributed by atoms with Gasteiger partial charge in [-0.3, -0.25) is 14.4 Å². The molecule has 5 nitrogen and oxygen atoms in total. The van der Waals surface area contributed by atoms with Gasteiger partial charge in [0.1, 0.15) is 5.25 Å². The molecule has 1 aromatic rings. The molecule has 1 aliphatic heterocycles. The highest BCUT2D eigenvalue weighted by atomic mass is 32.2. The van der Waals surface area contributed by atoms with E-state index in [2.05, 4.69) is 0 Å². The van der Waals surface area contributed by atoms with E-state index in [1.807, 2.05) is 13.0 Å². The van der Waals surface area contributed by atoms with Crippen LogP contribution < -0.4 is 4.90 Å². The van der Waals surface area contributed by atoms with Crippen LogP contribution in [0.5, 0.6) is 0 Å².